The molecule has 0 saturated carbocycles. The summed E-state index contributed by atoms with van der Waals surface area (Å²) in [4.78, 5) is 0. The SMILES string of the molecule is COCOC1C(O)C(CO)OC2CCC3(CCC(CO[Si](c4ccccc4)(c4ccccc4)C(C)(C)C)O3)OC21. The van der Waals surface area contributed by atoms with E-state index in [-0.39, 0.29) is 30.6 Å². The average molecular weight is 573 g/mol. The van der Waals surface area contributed by atoms with E-state index in [1.54, 1.807) is 0 Å². The smallest absolute Gasteiger partial charge is 0.261 e. The van der Waals surface area contributed by atoms with Crippen LogP contribution >= 0.6 is 0 Å². The van der Waals surface area contributed by atoms with Gasteiger partial charge < -0.3 is 38.3 Å². The molecular weight excluding hydrogens is 528 g/mol. The van der Waals surface area contributed by atoms with Crippen LogP contribution in [0, 0.1) is 0 Å². The predicted molar refractivity (Wildman–Crippen MR) is 153 cm³/mol. The highest BCUT2D eigenvalue weighted by molar-refractivity contribution is 6.99. The number of ether oxygens (including phenoxy) is 5. The molecule has 40 heavy (non-hydrogen) atoms. The van der Waals surface area contributed by atoms with Crippen LogP contribution in [0.4, 0.5) is 0 Å². The summed E-state index contributed by atoms with van der Waals surface area (Å²) in [6, 6.07) is 21.2. The highest BCUT2D eigenvalue weighted by atomic mass is 28.4. The summed E-state index contributed by atoms with van der Waals surface area (Å²) in [5, 5.41) is 22.9. The molecule has 2 aromatic carbocycles. The van der Waals surface area contributed by atoms with Crippen molar-refractivity contribution in [3.63, 3.8) is 0 Å². The quantitative estimate of drug-likeness (QED) is 0.350. The molecule has 3 fully saturated rings. The average Bonchev–Trinajstić information content (AvgIpc) is 3.35. The summed E-state index contributed by atoms with van der Waals surface area (Å²) < 4.78 is 37.3. The molecule has 3 aliphatic heterocycles. The third-order valence-electron chi connectivity index (χ3n) is 8.61. The van der Waals surface area contributed by atoms with Gasteiger partial charge in [0.15, 0.2) is 5.79 Å². The van der Waals surface area contributed by atoms with Gasteiger partial charge in [0.2, 0.25) is 0 Å². The Morgan fingerprint density at radius 3 is 2.15 bits per heavy atom. The van der Waals surface area contributed by atoms with E-state index < -0.39 is 38.5 Å². The molecule has 5 rings (SSSR count). The van der Waals surface area contributed by atoms with Crippen molar-refractivity contribution in [2.45, 2.75) is 93.9 Å². The van der Waals surface area contributed by atoms with E-state index in [9.17, 15) is 10.2 Å². The Balaban J connectivity index is 1.34. The van der Waals surface area contributed by atoms with Gasteiger partial charge in [0, 0.05) is 20.0 Å². The van der Waals surface area contributed by atoms with E-state index in [0.29, 0.717) is 19.4 Å². The largest absolute Gasteiger partial charge is 0.405 e. The van der Waals surface area contributed by atoms with E-state index >= 15 is 0 Å². The Morgan fingerprint density at radius 1 is 0.950 bits per heavy atom. The molecule has 0 amide bonds. The molecule has 0 aromatic heterocycles. The summed E-state index contributed by atoms with van der Waals surface area (Å²) in [6.07, 6.45) is -0.533. The summed E-state index contributed by atoms with van der Waals surface area (Å²) in [6.45, 7) is 7.00. The molecule has 3 heterocycles. The van der Waals surface area contributed by atoms with Crippen molar-refractivity contribution in [2.24, 2.45) is 0 Å². The Hall–Kier alpha value is -1.66. The zero-order valence-electron chi connectivity index (χ0n) is 24.0. The van der Waals surface area contributed by atoms with Crippen LogP contribution in [-0.2, 0) is 28.1 Å². The molecule has 220 valence electrons. The normalized spacial score (nSPS) is 32.8. The number of hydrogen-bond acceptors (Lipinski definition) is 8. The summed E-state index contributed by atoms with van der Waals surface area (Å²) in [5.74, 6) is -0.787. The molecular formula is C31H44O8Si. The Kier molecular flexibility index (Phi) is 9.16. The van der Waals surface area contributed by atoms with Crippen molar-refractivity contribution in [1.29, 1.82) is 0 Å². The fourth-order valence-electron chi connectivity index (χ4n) is 6.71. The highest BCUT2D eigenvalue weighted by Gasteiger charge is 2.56. The van der Waals surface area contributed by atoms with Gasteiger partial charge in [-0.1, -0.05) is 81.4 Å². The first-order valence-electron chi connectivity index (χ1n) is 14.4. The first-order chi connectivity index (χ1) is 19.2. The minimum absolute atomic E-state index is 0.00919. The van der Waals surface area contributed by atoms with E-state index in [0.717, 1.165) is 12.8 Å². The van der Waals surface area contributed by atoms with E-state index in [1.807, 2.05) is 12.1 Å². The maximum atomic E-state index is 10.8. The van der Waals surface area contributed by atoms with Crippen LogP contribution in [0.3, 0.4) is 0 Å². The lowest BCUT2D eigenvalue weighted by atomic mass is 9.87. The van der Waals surface area contributed by atoms with Crippen LogP contribution in [0.5, 0.6) is 0 Å². The lowest BCUT2D eigenvalue weighted by Gasteiger charge is -2.50. The lowest BCUT2D eigenvalue weighted by molar-refractivity contribution is -0.351. The summed E-state index contributed by atoms with van der Waals surface area (Å²) in [7, 11) is -1.15. The fraction of sp³-hybridized carbons (Fsp3) is 0.613. The maximum absolute atomic E-state index is 10.8. The molecule has 9 heteroatoms. The van der Waals surface area contributed by atoms with E-state index in [2.05, 4.69) is 69.3 Å². The molecule has 1 spiro atoms. The zero-order chi connectivity index (χ0) is 28.4. The van der Waals surface area contributed by atoms with Crippen molar-refractivity contribution in [1.82, 2.24) is 0 Å². The molecule has 3 saturated heterocycles. The predicted octanol–water partition coefficient (Wildman–Crippen LogP) is 2.73. The molecule has 2 N–H and O–H groups in total. The topological polar surface area (TPSA) is 95.8 Å². The Morgan fingerprint density at radius 2 is 1.57 bits per heavy atom. The van der Waals surface area contributed by atoms with Crippen molar-refractivity contribution in [3.8, 4) is 0 Å². The number of aliphatic hydroxyl groups is 2. The van der Waals surface area contributed by atoms with Gasteiger partial charge in [-0.05, 0) is 28.3 Å². The summed E-state index contributed by atoms with van der Waals surface area (Å²) >= 11 is 0. The van der Waals surface area contributed by atoms with Crippen molar-refractivity contribution in [3.05, 3.63) is 60.7 Å². The number of hydrogen-bond donors (Lipinski definition) is 2. The van der Waals surface area contributed by atoms with Crippen molar-refractivity contribution in [2.75, 3.05) is 27.1 Å². The second kappa shape index (κ2) is 12.3. The van der Waals surface area contributed by atoms with Gasteiger partial charge in [-0.25, -0.2) is 0 Å². The van der Waals surface area contributed by atoms with Gasteiger partial charge in [0.05, 0.1) is 25.4 Å². The zero-order valence-corrected chi connectivity index (χ0v) is 25.0. The van der Waals surface area contributed by atoms with Crippen molar-refractivity contribution >= 4 is 18.7 Å². The Bertz CT molecular complexity index is 1040. The first-order valence-corrected chi connectivity index (χ1v) is 16.3. The van der Waals surface area contributed by atoms with Gasteiger partial charge in [0.1, 0.15) is 31.2 Å². The number of fused-ring (bicyclic) bond motifs is 1. The van der Waals surface area contributed by atoms with Crippen LogP contribution < -0.4 is 10.4 Å². The molecule has 3 aliphatic rings. The van der Waals surface area contributed by atoms with Crippen LogP contribution in [0.25, 0.3) is 0 Å². The second-order valence-corrected chi connectivity index (χ2v) is 16.5. The molecule has 0 aliphatic carbocycles. The third-order valence-corrected chi connectivity index (χ3v) is 13.6. The van der Waals surface area contributed by atoms with Gasteiger partial charge in [-0.3, -0.25) is 0 Å². The van der Waals surface area contributed by atoms with Crippen molar-refractivity contribution < 1.29 is 38.3 Å². The summed E-state index contributed by atoms with van der Waals surface area (Å²) in [5.41, 5.74) is 0. The van der Waals surface area contributed by atoms with Crippen LogP contribution in [0.15, 0.2) is 60.7 Å². The minimum Gasteiger partial charge on any atom is -0.405 e. The van der Waals surface area contributed by atoms with Gasteiger partial charge in [-0.2, -0.15) is 0 Å². The number of rotatable bonds is 9. The minimum atomic E-state index is -2.68. The van der Waals surface area contributed by atoms with Crippen LogP contribution in [0.1, 0.15) is 46.5 Å². The molecule has 0 bridgehead atoms. The highest BCUT2D eigenvalue weighted by Crippen LogP contribution is 2.45. The van der Waals surface area contributed by atoms with Crippen LogP contribution in [-0.4, -0.2) is 88.1 Å². The van der Waals surface area contributed by atoms with Gasteiger partial charge in [-0.15, -0.1) is 0 Å². The monoisotopic (exact) mass is 572 g/mol. The number of methoxy groups -OCH3 is 1. The third kappa shape index (κ3) is 5.69. The van der Waals surface area contributed by atoms with Gasteiger partial charge in [0.25, 0.3) is 8.32 Å². The Labute approximate surface area is 238 Å². The molecule has 0 radical (unpaired) electrons. The lowest BCUT2D eigenvalue weighted by Crippen LogP contribution is -2.67. The van der Waals surface area contributed by atoms with E-state index in [4.69, 9.17) is 28.1 Å². The standard InChI is InChI=1S/C31H44O8Si/c1-30(2,3)40(23-11-7-5-8-12-23,24-13-9-6-10-14-24)36-20-22-15-17-31(38-22)18-16-25-28(39-31)29(35-21-34-4)27(33)26(19-32)37-25/h5-14,22,25-29,32-33H,15-21H2,1-4H3. The van der Waals surface area contributed by atoms with Gasteiger partial charge >= 0.3 is 0 Å². The molecule has 2 aromatic rings. The maximum Gasteiger partial charge on any atom is 0.261 e. The number of benzene rings is 2. The first kappa shape index (κ1) is 29.8. The van der Waals surface area contributed by atoms with Crippen LogP contribution in [0.2, 0.25) is 5.04 Å². The molecule has 7 atom stereocenters. The number of aliphatic hydroxyl groups excluding tert-OH is 2. The van der Waals surface area contributed by atoms with E-state index in [1.165, 1.54) is 17.5 Å². The second-order valence-electron chi connectivity index (χ2n) is 12.2. The molecule has 8 nitrogen and oxygen atoms in total. The fourth-order valence-corrected chi connectivity index (χ4v) is 11.3. The molecule has 7 unspecified atom stereocenters.